The lowest BCUT2D eigenvalue weighted by Crippen LogP contribution is -2.31. The minimum atomic E-state index is -0.331. The summed E-state index contributed by atoms with van der Waals surface area (Å²) < 4.78 is 5.27. The largest absolute Gasteiger partial charge is 0.425 e. The minimum Gasteiger partial charge on any atom is -0.425 e. The molecule has 0 spiro atoms. The molecule has 122 valence electrons. The maximum atomic E-state index is 12.4. The van der Waals surface area contributed by atoms with Gasteiger partial charge in [0.15, 0.2) is 0 Å². The minimum absolute atomic E-state index is 0.0377. The summed E-state index contributed by atoms with van der Waals surface area (Å²) in [5.74, 6) is 0.544. The maximum absolute atomic E-state index is 12.4. The Labute approximate surface area is 140 Å². The standard InChI is InChI=1S/C18H18N4O2/c1-12-6-5-7-14(10-12)18(15-8-3-4-9-19-15)20-16(23)11-17-22-21-13(2)24-17/h3-10,18H,11H2,1-2H3,(H,20,23)/t18-/m1/s1. The molecule has 6 heteroatoms. The number of rotatable bonds is 5. The van der Waals surface area contributed by atoms with Crippen molar-refractivity contribution in [3.05, 3.63) is 77.3 Å². The van der Waals surface area contributed by atoms with E-state index in [-0.39, 0.29) is 18.4 Å². The Hall–Kier alpha value is -3.02. The number of pyridine rings is 1. The zero-order chi connectivity index (χ0) is 16.9. The van der Waals surface area contributed by atoms with Crippen LogP contribution in [0.3, 0.4) is 0 Å². The lowest BCUT2D eigenvalue weighted by atomic mass is 10.0. The van der Waals surface area contributed by atoms with E-state index in [0.29, 0.717) is 11.8 Å². The van der Waals surface area contributed by atoms with E-state index in [0.717, 1.165) is 16.8 Å². The van der Waals surface area contributed by atoms with Crippen LogP contribution < -0.4 is 5.32 Å². The van der Waals surface area contributed by atoms with Crippen LogP contribution in [0, 0.1) is 13.8 Å². The van der Waals surface area contributed by atoms with Crippen LogP contribution in [-0.4, -0.2) is 21.1 Å². The molecule has 0 saturated heterocycles. The van der Waals surface area contributed by atoms with E-state index in [2.05, 4.69) is 20.5 Å². The summed E-state index contributed by atoms with van der Waals surface area (Å²) in [5, 5.41) is 10.6. The van der Waals surface area contributed by atoms with Gasteiger partial charge in [0, 0.05) is 13.1 Å². The van der Waals surface area contributed by atoms with Gasteiger partial charge in [-0.2, -0.15) is 0 Å². The normalized spacial score (nSPS) is 11.9. The average Bonchev–Trinajstić information content (AvgIpc) is 2.98. The highest BCUT2D eigenvalue weighted by Gasteiger charge is 2.19. The number of carbonyl (C=O) groups excluding carboxylic acids is 1. The molecule has 0 aliphatic heterocycles. The van der Waals surface area contributed by atoms with E-state index in [1.54, 1.807) is 13.1 Å². The number of hydrogen-bond acceptors (Lipinski definition) is 5. The van der Waals surface area contributed by atoms with Crippen LogP contribution in [0.5, 0.6) is 0 Å². The number of hydrogen-bond donors (Lipinski definition) is 1. The Morgan fingerprint density at radius 2 is 2.04 bits per heavy atom. The quantitative estimate of drug-likeness (QED) is 0.780. The van der Waals surface area contributed by atoms with E-state index in [1.165, 1.54) is 0 Å². The fourth-order valence-corrected chi connectivity index (χ4v) is 2.48. The van der Waals surface area contributed by atoms with Gasteiger partial charge in [-0.25, -0.2) is 0 Å². The Kier molecular flexibility index (Phi) is 4.65. The molecule has 3 rings (SSSR count). The molecule has 24 heavy (non-hydrogen) atoms. The molecule has 6 nitrogen and oxygen atoms in total. The van der Waals surface area contributed by atoms with Crippen LogP contribution >= 0.6 is 0 Å². The summed E-state index contributed by atoms with van der Waals surface area (Å²) >= 11 is 0. The SMILES string of the molecule is Cc1cccc([C@@H](NC(=O)Cc2nnc(C)o2)c2ccccn2)c1. The highest BCUT2D eigenvalue weighted by atomic mass is 16.4. The van der Waals surface area contributed by atoms with Gasteiger partial charge in [-0.1, -0.05) is 35.9 Å². The molecule has 0 saturated carbocycles. The van der Waals surface area contributed by atoms with Crippen LogP contribution in [0.2, 0.25) is 0 Å². The second-order valence-corrected chi connectivity index (χ2v) is 5.56. The van der Waals surface area contributed by atoms with Crippen LogP contribution in [0.4, 0.5) is 0 Å². The van der Waals surface area contributed by atoms with Gasteiger partial charge in [-0.05, 0) is 24.6 Å². The van der Waals surface area contributed by atoms with E-state index in [4.69, 9.17) is 4.42 Å². The predicted octanol–water partition coefficient (Wildman–Crippen LogP) is 2.53. The Balaban J connectivity index is 1.83. The molecule has 3 aromatic rings. The molecule has 0 fully saturated rings. The molecule has 2 heterocycles. The average molecular weight is 322 g/mol. The van der Waals surface area contributed by atoms with E-state index < -0.39 is 0 Å². The van der Waals surface area contributed by atoms with Crippen molar-refractivity contribution >= 4 is 5.91 Å². The molecular weight excluding hydrogens is 304 g/mol. The fraction of sp³-hybridized carbons (Fsp3) is 0.222. The van der Waals surface area contributed by atoms with Gasteiger partial charge < -0.3 is 9.73 Å². The van der Waals surface area contributed by atoms with Gasteiger partial charge in [-0.15, -0.1) is 10.2 Å². The highest BCUT2D eigenvalue weighted by Crippen LogP contribution is 2.21. The Bertz CT molecular complexity index is 830. The van der Waals surface area contributed by atoms with E-state index in [9.17, 15) is 4.79 Å². The van der Waals surface area contributed by atoms with Crippen molar-refractivity contribution in [2.75, 3.05) is 0 Å². The van der Waals surface area contributed by atoms with Gasteiger partial charge in [-0.3, -0.25) is 9.78 Å². The fourth-order valence-electron chi connectivity index (χ4n) is 2.48. The van der Waals surface area contributed by atoms with Crippen molar-refractivity contribution in [3.63, 3.8) is 0 Å². The van der Waals surface area contributed by atoms with Crippen molar-refractivity contribution in [3.8, 4) is 0 Å². The van der Waals surface area contributed by atoms with Gasteiger partial charge >= 0.3 is 0 Å². The molecule has 0 unspecified atom stereocenters. The van der Waals surface area contributed by atoms with Crippen molar-refractivity contribution in [2.24, 2.45) is 0 Å². The number of aryl methyl sites for hydroxylation is 2. The van der Waals surface area contributed by atoms with Gasteiger partial charge in [0.25, 0.3) is 0 Å². The summed E-state index contributed by atoms with van der Waals surface area (Å²) in [6.45, 7) is 3.71. The molecular formula is C18H18N4O2. The molecule has 1 atom stereocenters. The predicted molar refractivity (Wildman–Crippen MR) is 88.1 cm³/mol. The Morgan fingerprint density at radius 1 is 1.17 bits per heavy atom. The second kappa shape index (κ2) is 7.04. The van der Waals surface area contributed by atoms with Crippen LogP contribution in [0.15, 0.2) is 53.1 Å². The lowest BCUT2D eigenvalue weighted by Gasteiger charge is -2.19. The zero-order valence-electron chi connectivity index (χ0n) is 13.6. The molecule has 0 bridgehead atoms. The molecule has 1 N–H and O–H groups in total. The highest BCUT2D eigenvalue weighted by molar-refractivity contribution is 5.78. The van der Waals surface area contributed by atoms with Crippen molar-refractivity contribution in [1.29, 1.82) is 0 Å². The number of benzene rings is 1. The summed E-state index contributed by atoms with van der Waals surface area (Å²) in [4.78, 5) is 16.8. The second-order valence-electron chi connectivity index (χ2n) is 5.56. The molecule has 0 aliphatic carbocycles. The summed E-state index contributed by atoms with van der Waals surface area (Å²) in [5.41, 5.74) is 2.87. The van der Waals surface area contributed by atoms with Crippen molar-refractivity contribution < 1.29 is 9.21 Å². The first kappa shape index (κ1) is 15.9. The molecule has 0 aliphatic rings. The summed E-state index contributed by atoms with van der Waals surface area (Å²) in [6.07, 6.45) is 1.75. The van der Waals surface area contributed by atoms with E-state index in [1.807, 2.05) is 49.4 Å². The van der Waals surface area contributed by atoms with Gasteiger partial charge in [0.2, 0.25) is 17.7 Å². The van der Waals surface area contributed by atoms with E-state index >= 15 is 0 Å². The first-order valence-electron chi connectivity index (χ1n) is 7.67. The first-order valence-corrected chi connectivity index (χ1v) is 7.67. The monoisotopic (exact) mass is 322 g/mol. The van der Waals surface area contributed by atoms with Gasteiger partial charge in [0.1, 0.15) is 6.42 Å². The third kappa shape index (κ3) is 3.84. The molecule has 1 amide bonds. The maximum Gasteiger partial charge on any atom is 0.230 e. The van der Waals surface area contributed by atoms with Gasteiger partial charge in [0.05, 0.1) is 11.7 Å². The van der Waals surface area contributed by atoms with Crippen LogP contribution in [-0.2, 0) is 11.2 Å². The van der Waals surface area contributed by atoms with Crippen molar-refractivity contribution in [1.82, 2.24) is 20.5 Å². The third-order valence-corrected chi connectivity index (χ3v) is 3.54. The van der Waals surface area contributed by atoms with Crippen LogP contribution in [0.1, 0.15) is 34.6 Å². The lowest BCUT2D eigenvalue weighted by molar-refractivity contribution is -0.121. The number of nitrogens with one attached hydrogen (secondary N) is 1. The van der Waals surface area contributed by atoms with Crippen LogP contribution in [0.25, 0.3) is 0 Å². The molecule has 1 aromatic carbocycles. The number of amides is 1. The molecule has 0 radical (unpaired) electrons. The third-order valence-electron chi connectivity index (χ3n) is 3.54. The first-order chi connectivity index (χ1) is 11.6. The molecule has 2 aromatic heterocycles. The summed E-state index contributed by atoms with van der Waals surface area (Å²) in [6, 6.07) is 13.3. The number of nitrogens with zero attached hydrogens (tertiary/aromatic N) is 3. The summed E-state index contributed by atoms with van der Waals surface area (Å²) in [7, 11) is 0. The zero-order valence-corrected chi connectivity index (χ0v) is 13.6. The van der Waals surface area contributed by atoms with Crippen molar-refractivity contribution in [2.45, 2.75) is 26.3 Å². The topological polar surface area (TPSA) is 80.9 Å². The smallest absolute Gasteiger partial charge is 0.230 e. The number of aromatic nitrogens is 3. The Morgan fingerprint density at radius 3 is 2.71 bits per heavy atom. The number of carbonyl (C=O) groups is 1.